The average molecular weight is 740 g/mol. The largest absolute Gasteiger partial charge is 0.494 e. The molecule has 11 heteroatoms. The highest BCUT2D eigenvalue weighted by atomic mass is 19.1. The SMILES string of the molecule is COc1cc(C(=O)N2C[C@H](F)C[C@@H](NC(=O)OCC3c4ccccc4-c4ccccc43)C2)cn2nc(-c3cc4ccc(C(C)=O)cc4n3CC3CC3)c(C)c12. The zero-order chi connectivity index (χ0) is 38.0. The number of hydrogen-bond acceptors (Lipinski definition) is 6. The lowest BCUT2D eigenvalue weighted by Crippen LogP contribution is -2.53. The monoisotopic (exact) mass is 739 g/mol. The van der Waals surface area contributed by atoms with E-state index in [0.717, 1.165) is 75.0 Å². The summed E-state index contributed by atoms with van der Waals surface area (Å²) in [5.41, 5.74) is 9.69. The molecular formula is C44H42FN5O5. The van der Waals surface area contributed by atoms with E-state index in [2.05, 4.69) is 40.2 Å². The number of nitrogens with zero attached hydrogens (tertiary/aromatic N) is 4. The molecule has 2 amide bonds. The molecular weight excluding hydrogens is 698 g/mol. The molecule has 0 bridgehead atoms. The fourth-order valence-corrected chi connectivity index (χ4v) is 8.52. The Kier molecular flexibility index (Phi) is 8.67. The molecule has 3 aromatic heterocycles. The third-order valence-corrected chi connectivity index (χ3v) is 11.4. The highest BCUT2D eigenvalue weighted by Crippen LogP contribution is 2.44. The Hall–Kier alpha value is -5.97. The van der Waals surface area contributed by atoms with E-state index in [4.69, 9.17) is 14.6 Å². The number of likely N-dealkylation sites (tertiary alicyclic amines) is 1. The number of halogens is 1. The number of Topliss-reactive ketones (excluding diaryl/α,β-unsaturated/α-hetero) is 1. The van der Waals surface area contributed by atoms with Crippen molar-refractivity contribution >= 4 is 34.2 Å². The Morgan fingerprint density at radius 1 is 0.927 bits per heavy atom. The van der Waals surface area contributed by atoms with E-state index < -0.39 is 24.2 Å². The molecule has 2 aliphatic carbocycles. The van der Waals surface area contributed by atoms with Crippen LogP contribution in [0.3, 0.4) is 0 Å². The zero-order valence-electron chi connectivity index (χ0n) is 31.1. The Balaban J connectivity index is 0.947. The molecule has 1 N–H and O–H groups in total. The van der Waals surface area contributed by atoms with Gasteiger partial charge in [-0.25, -0.2) is 13.7 Å². The molecule has 3 aromatic carbocycles. The quantitative estimate of drug-likeness (QED) is 0.151. The number of methoxy groups -OCH3 is 1. The van der Waals surface area contributed by atoms with Crippen molar-refractivity contribution in [2.75, 3.05) is 26.8 Å². The van der Waals surface area contributed by atoms with E-state index in [-0.39, 0.29) is 43.4 Å². The Morgan fingerprint density at radius 3 is 2.35 bits per heavy atom. The lowest BCUT2D eigenvalue weighted by atomic mass is 9.98. The number of hydrogen-bond donors (Lipinski definition) is 1. The number of piperidine rings is 1. The Bertz CT molecular complexity index is 2470. The first-order valence-electron chi connectivity index (χ1n) is 18.9. The highest BCUT2D eigenvalue weighted by Gasteiger charge is 2.34. The van der Waals surface area contributed by atoms with Gasteiger partial charge in [0.25, 0.3) is 5.91 Å². The van der Waals surface area contributed by atoms with Crippen molar-refractivity contribution in [2.45, 2.75) is 57.8 Å². The van der Waals surface area contributed by atoms with Crippen molar-refractivity contribution in [1.82, 2.24) is 24.4 Å². The Morgan fingerprint density at radius 2 is 1.65 bits per heavy atom. The molecule has 9 rings (SSSR count). The van der Waals surface area contributed by atoms with Crippen LogP contribution in [0, 0.1) is 12.8 Å². The number of alkyl carbamates (subject to hydrolysis) is 1. The van der Waals surface area contributed by atoms with E-state index >= 15 is 4.39 Å². The van der Waals surface area contributed by atoms with Gasteiger partial charge in [0.1, 0.15) is 29.7 Å². The summed E-state index contributed by atoms with van der Waals surface area (Å²) < 4.78 is 30.7. The van der Waals surface area contributed by atoms with Crippen molar-refractivity contribution in [3.63, 3.8) is 0 Å². The minimum atomic E-state index is -1.34. The van der Waals surface area contributed by atoms with Crippen molar-refractivity contribution in [2.24, 2.45) is 5.92 Å². The van der Waals surface area contributed by atoms with Crippen LogP contribution in [0.4, 0.5) is 9.18 Å². The summed E-state index contributed by atoms with van der Waals surface area (Å²) in [4.78, 5) is 40.9. The number of nitrogens with one attached hydrogen (secondary N) is 1. The van der Waals surface area contributed by atoms with Gasteiger partial charge >= 0.3 is 6.09 Å². The smallest absolute Gasteiger partial charge is 0.407 e. The minimum absolute atomic E-state index is 0.0144. The predicted octanol–water partition coefficient (Wildman–Crippen LogP) is 7.98. The molecule has 0 radical (unpaired) electrons. The number of carbonyl (C=O) groups is 3. The summed E-state index contributed by atoms with van der Waals surface area (Å²) in [6.07, 6.45) is 2.07. The zero-order valence-corrected chi connectivity index (χ0v) is 31.1. The van der Waals surface area contributed by atoms with Gasteiger partial charge in [0.2, 0.25) is 0 Å². The van der Waals surface area contributed by atoms with Gasteiger partial charge in [-0.05, 0) is 73.1 Å². The number of pyridine rings is 1. The summed E-state index contributed by atoms with van der Waals surface area (Å²) >= 11 is 0. The molecule has 10 nitrogen and oxygen atoms in total. The van der Waals surface area contributed by atoms with E-state index in [1.54, 1.807) is 30.8 Å². The molecule has 1 aliphatic heterocycles. The minimum Gasteiger partial charge on any atom is -0.494 e. The van der Waals surface area contributed by atoms with Crippen LogP contribution >= 0.6 is 0 Å². The van der Waals surface area contributed by atoms with E-state index in [9.17, 15) is 14.4 Å². The molecule has 0 spiro atoms. The summed E-state index contributed by atoms with van der Waals surface area (Å²) in [7, 11) is 1.55. The standard InChI is InChI=1S/C44H42FN5O5/c1-25-41(39-17-29-15-14-28(26(2)51)16-38(29)49(39)20-27-12-13-27)47-50-21-30(18-40(54-3)42(25)50)43(52)48-22-31(45)19-32(23-48)46-44(53)55-24-37-35-10-6-4-8-33(35)34-9-5-7-11-36(34)37/h4-11,14-18,21,27,31-32,37H,12-13,19-20,22-24H2,1-3H3,(H,46,53)/t31-,32-/m1/s1. The van der Waals surface area contributed by atoms with E-state index in [1.807, 2.05) is 49.4 Å². The van der Waals surface area contributed by atoms with Gasteiger partial charge in [0, 0.05) is 53.7 Å². The second-order valence-corrected chi connectivity index (χ2v) is 15.2. The maximum absolute atomic E-state index is 15.3. The molecule has 2 fully saturated rings. The first kappa shape index (κ1) is 34.8. The van der Waals surface area contributed by atoms with Crippen molar-refractivity contribution in [3.8, 4) is 28.3 Å². The van der Waals surface area contributed by atoms with Gasteiger partial charge in [-0.1, -0.05) is 60.7 Å². The highest BCUT2D eigenvalue weighted by molar-refractivity contribution is 5.99. The van der Waals surface area contributed by atoms with Crippen LogP contribution in [0.1, 0.15) is 69.5 Å². The third kappa shape index (κ3) is 6.31. The van der Waals surface area contributed by atoms with Crippen molar-refractivity contribution in [1.29, 1.82) is 0 Å². The van der Waals surface area contributed by atoms with Crippen LogP contribution in [0.5, 0.6) is 5.75 Å². The molecule has 1 saturated heterocycles. The maximum atomic E-state index is 15.3. The van der Waals surface area contributed by atoms with Gasteiger partial charge in [-0.3, -0.25) is 9.59 Å². The first-order valence-corrected chi connectivity index (χ1v) is 18.9. The van der Waals surface area contributed by atoms with Crippen LogP contribution in [0.25, 0.3) is 38.9 Å². The van der Waals surface area contributed by atoms with Crippen LogP contribution in [0.2, 0.25) is 0 Å². The maximum Gasteiger partial charge on any atom is 0.407 e. The first-order chi connectivity index (χ1) is 26.7. The summed E-state index contributed by atoms with van der Waals surface area (Å²) in [5, 5.41) is 8.85. The van der Waals surface area contributed by atoms with Gasteiger partial charge < -0.3 is 24.3 Å². The molecule has 0 unspecified atom stereocenters. The Labute approximate surface area is 317 Å². The number of benzene rings is 3. The molecule has 280 valence electrons. The summed E-state index contributed by atoms with van der Waals surface area (Å²) in [6.45, 7) is 4.54. The molecule has 55 heavy (non-hydrogen) atoms. The number of aryl methyl sites for hydroxylation is 1. The molecule has 1 saturated carbocycles. The van der Waals surface area contributed by atoms with Crippen molar-refractivity contribution in [3.05, 3.63) is 113 Å². The molecule has 6 aromatic rings. The second-order valence-electron chi connectivity index (χ2n) is 15.2. The fraction of sp³-hybridized carbons (Fsp3) is 0.318. The van der Waals surface area contributed by atoms with E-state index in [1.165, 1.54) is 4.90 Å². The number of carbonyl (C=O) groups excluding carboxylic acids is 3. The van der Waals surface area contributed by atoms with Gasteiger partial charge in [0.15, 0.2) is 5.78 Å². The summed E-state index contributed by atoms with van der Waals surface area (Å²) in [6, 6.07) is 25.2. The van der Waals surface area contributed by atoms with Crippen molar-refractivity contribution < 1.29 is 28.2 Å². The van der Waals surface area contributed by atoms with Gasteiger partial charge in [0.05, 0.1) is 31.0 Å². The van der Waals surface area contributed by atoms with Crippen LogP contribution in [0.15, 0.2) is 85.1 Å². The number of amides is 2. The number of fused-ring (bicyclic) bond motifs is 5. The van der Waals surface area contributed by atoms with Gasteiger partial charge in [-0.15, -0.1) is 0 Å². The van der Waals surface area contributed by atoms with Crippen LogP contribution in [-0.2, 0) is 11.3 Å². The predicted molar refractivity (Wildman–Crippen MR) is 208 cm³/mol. The number of ketones is 1. The molecule has 3 aliphatic rings. The van der Waals surface area contributed by atoms with Crippen LogP contribution < -0.4 is 10.1 Å². The number of alkyl halides is 1. The van der Waals surface area contributed by atoms with E-state index in [0.29, 0.717) is 17.2 Å². The average Bonchev–Trinajstić information content (AvgIpc) is 3.74. The number of aromatic nitrogens is 3. The second kappa shape index (κ2) is 13.7. The normalized spacial score (nSPS) is 18.0. The van der Waals surface area contributed by atoms with Crippen LogP contribution in [-0.4, -0.2) is 75.9 Å². The topological polar surface area (TPSA) is 107 Å². The fourth-order valence-electron chi connectivity index (χ4n) is 8.52. The molecule has 2 atom stereocenters. The summed E-state index contributed by atoms with van der Waals surface area (Å²) in [5.74, 6) is 0.552. The number of rotatable bonds is 9. The lowest BCUT2D eigenvalue weighted by molar-refractivity contribution is 0.0565. The molecule has 4 heterocycles. The third-order valence-electron chi connectivity index (χ3n) is 11.4. The lowest BCUT2D eigenvalue weighted by Gasteiger charge is -2.35. The number of ether oxygens (including phenoxy) is 2. The van der Waals surface area contributed by atoms with Gasteiger partial charge in [-0.2, -0.15) is 5.10 Å².